The molecule has 0 atom stereocenters. The van der Waals surface area contributed by atoms with E-state index in [4.69, 9.17) is 11.6 Å². The number of nitrogens with zero attached hydrogens (tertiary/aromatic N) is 2. The van der Waals surface area contributed by atoms with Crippen LogP contribution in [0.1, 0.15) is 15.9 Å². The molecule has 0 spiro atoms. The van der Waals surface area contributed by atoms with Gasteiger partial charge in [0.2, 0.25) is 5.95 Å². The third-order valence-electron chi connectivity index (χ3n) is 5.23. The third-order valence-corrected chi connectivity index (χ3v) is 7.52. The van der Waals surface area contributed by atoms with E-state index in [0.29, 0.717) is 24.2 Å². The summed E-state index contributed by atoms with van der Waals surface area (Å²) in [6.45, 7) is 0.327. The highest BCUT2D eigenvalue weighted by Gasteiger charge is 2.32. The number of para-hydroxylation sites is 3. The molecule has 156 valence electrons. The summed E-state index contributed by atoms with van der Waals surface area (Å²) in [6, 6.07) is 18.9. The Balaban J connectivity index is 1.47. The zero-order valence-electron chi connectivity index (χ0n) is 16.2. The van der Waals surface area contributed by atoms with Crippen LogP contribution in [-0.2, 0) is 16.4 Å². The maximum absolute atomic E-state index is 13.4. The Morgan fingerprint density at radius 3 is 2.68 bits per heavy atom. The monoisotopic (exact) mass is 452 g/mol. The van der Waals surface area contributed by atoms with Crippen LogP contribution in [0.3, 0.4) is 0 Å². The minimum absolute atomic E-state index is 0.0599. The van der Waals surface area contributed by atoms with Crippen LogP contribution >= 0.6 is 11.6 Å². The van der Waals surface area contributed by atoms with Crippen molar-refractivity contribution in [3.8, 4) is 0 Å². The molecular weight excluding hydrogens is 436 g/mol. The highest BCUT2D eigenvalue weighted by Crippen LogP contribution is 2.35. The zero-order chi connectivity index (χ0) is 21.6. The first-order valence-electron chi connectivity index (χ1n) is 9.60. The molecule has 9 heteroatoms. The summed E-state index contributed by atoms with van der Waals surface area (Å²) in [5.74, 6) is -0.215. The molecule has 3 aromatic carbocycles. The van der Waals surface area contributed by atoms with Gasteiger partial charge in [-0.2, -0.15) is 0 Å². The van der Waals surface area contributed by atoms with E-state index in [1.807, 2.05) is 36.4 Å². The Labute approximate surface area is 183 Å². The second-order valence-corrected chi connectivity index (χ2v) is 9.40. The number of H-pyrrole nitrogens is 1. The number of halogens is 1. The van der Waals surface area contributed by atoms with Gasteiger partial charge in [0, 0.05) is 12.1 Å². The number of carbonyl (C=O) groups excluding carboxylic acids is 1. The highest BCUT2D eigenvalue weighted by atomic mass is 35.5. The van der Waals surface area contributed by atoms with Gasteiger partial charge in [0.15, 0.2) is 0 Å². The van der Waals surface area contributed by atoms with Crippen LogP contribution < -0.4 is 9.62 Å². The molecular formula is C22H17ClN4O3S. The van der Waals surface area contributed by atoms with Crippen LogP contribution in [-0.4, -0.2) is 30.8 Å². The Hall–Kier alpha value is -3.36. The maximum atomic E-state index is 13.4. The van der Waals surface area contributed by atoms with Gasteiger partial charge in [-0.3, -0.25) is 14.4 Å². The van der Waals surface area contributed by atoms with Crippen molar-refractivity contribution in [3.05, 3.63) is 82.9 Å². The van der Waals surface area contributed by atoms with Crippen molar-refractivity contribution in [2.75, 3.05) is 16.2 Å². The molecule has 0 fully saturated rings. The first-order chi connectivity index (χ1) is 14.9. The van der Waals surface area contributed by atoms with Gasteiger partial charge in [-0.25, -0.2) is 13.4 Å². The lowest BCUT2D eigenvalue weighted by molar-refractivity contribution is 0.102. The molecule has 1 aliphatic rings. The molecule has 0 unspecified atom stereocenters. The molecule has 1 aromatic heterocycles. The second-order valence-electron chi connectivity index (χ2n) is 7.16. The zero-order valence-corrected chi connectivity index (χ0v) is 17.7. The third kappa shape index (κ3) is 3.43. The van der Waals surface area contributed by atoms with Gasteiger partial charge in [0.05, 0.1) is 21.7 Å². The van der Waals surface area contributed by atoms with Gasteiger partial charge >= 0.3 is 0 Å². The summed E-state index contributed by atoms with van der Waals surface area (Å²) in [5.41, 5.74) is 3.25. The summed E-state index contributed by atoms with van der Waals surface area (Å²) in [6.07, 6.45) is 0.624. The summed E-state index contributed by atoms with van der Waals surface area (Å²) in [4.78, 5) is 20.0. The van der Waals surface area contributed by atoms with Crippen LogP contribution in [0.2, 0.25) is 5.02 Å². The molecule has 0 saturated carbocycles. The molecule has 0 radical (unpaired) electrons. The van der Waals surface area contributed by atoms with Gasteiger partial charge in [0.25, 0.3) is 15.9 Å². The second kappa shape index (κ2) is 7.40. The molecule has 4 aromatic rings. The predicted molar refractivity (Wildman–Crippen MR) is 120 cm³/mol. The fourth-order valence-electron chi connectivity index (χ4n) is 3.71. The normalized spacial score (nSPS) is 13.4. The van der Waals surface area contributed by atoms with E-state index in [1.54, 1.807) is 12.1 Å². The van der Waals surface area contributed by atoms with Crippen LogP contribution in [0.4, 0.5) is 11.6 Å². The number of imidazole rings is 1. The number of anilines is 2. The quantitative estimate of drug-likeness (QED) is 0.484. The lowest BCUT2D eigenvalue weighted by atomic mass is 10.2. The Kier molecular flexibility index (Phi) is 4.68. The van der Waals surface area contributed by atoms with E-state index >= 15 is 0 Å². The number of aromatic nitrogens is 2. The number of sulfonamides is 1. The van der Waals surface area contributed by atoms with Crippen molar-refractivity contribution < 1.29 is 13.2 Å². The van der Waals surface area contributed by atoms with Crippen molar-refractivity contribution in [3.63, 3.8) is 0 Å². The fraction of sp³-hybridized carbons (Fsp3) is 0.0909. The molecule has 5 rings (SSSR count). The first kappa shape index (κ1) is 19.6. The number of carbonyl (C=O) groups is 1. The van der Waals surface area contributed by atoms with Gasteiger partial charge in [-0.05, 0) is 48.4 Å². The molecule has 0 saturated heterocycles. The summed E-state index contributed by atoms with van der Waals surface area (Å²) in [7, 11) is -3.93. The van der Waals surface area contributed by atoms with E-state index < -0.39 is 15.9 Å². The molecule has 0 bridgehead atoms. The fourth-order valence-corrected chi connectivity index (χ4v) is 5.72. The number of rotatable bonds is 4. The minimum Gasteiger partial charge on any atom is -0.324 e. The first-order valence-corrected chi connectivity index (χ1v) is 11.4. The molecule has 7 nitrogen and oxygen atoms in total. The Morgan fingerprint density at radius 2 is 1.84 bits per heavy atom. The van der Waals surface area contributed by atoms with Gasteiger partial charge in [-0.15, -0.1) is 0 Å². The Bertz CT molecular complexity index is 1400. The summed E-state index contributed by atoms with van der Waals surface area (Å²) >= 11 is 6.25. The topological polar surface area (TPSA) is 95.2 Å². The standard InChI is InChI=1S/C22H17ClN4O3S/c23-16-10-9-15(21(28)26-22-24-17-6-2-3-7-18(17)25-22)13-20(16)31(29,30)27-12-11-14-5-1-4-8-19(14)27/h1-10,13H,11-12H2,(H2,24,25,26,28). The average Bonchev–Trinajstić information content (AvgIpc) is 3.37. The number of benzene rings is 3. The molecule has 1 aliphatic heterocycles. The van der Waals surface area contributed by atoms with Crippen LogP contribution in [0.15, 0.2) is 71.6 Å². The molecule has 2 N–H and O–H groups in total. The highest BCUT2D eigenvalue weighted by molar-refractivity contribution is 7.93. The number of aromatic amines is 1. The Morgan fingerprint density at radius 1 is 1.06 bits per heavy atom. The van der Waals surface area contributed by atoms with E-state index in [2.05, 4.69) is 15.3 Å². The van der Waals surface area contributed by atoms with Gasteiger partial charge in [-0.1, -0.05) is 41.9 Å². The van der Waals surface area contributed by atoms with Crippen LogP contribution in [0.5, 0.6) is 0 Å². The van der Waals surface area contributed by atoms with Crippen molar-refractivity contribution in [1.29, 1.82) is 0 Å². The van der Waals surface area contributed by atoms with Gasteiger partial charge < -0.3 is 4.98 Å². The summed E-state index contributed by atoms with van der Waals surface area (Å²) in [5, 5.41) is 2.73. The van der Waals surface area contributed by atoms with Gasteiger partial charge in [0.1, 0.15) is 4.90 Å². The largest absolute Gasteiger partial charge is 0.324 e. The smallest absolute Gasteiger partial charge is 0.265 e. The molecule has 31 heavy (non-hydrogen) atoms. The van der Waals surface area contributed by atoms with Crippen LogP contribution in [0, 0.1) is 0 Å². The van der Waals surface area contributed by atoms with E-state index in [1.165, 1.54) is 22.5 Å². The minimum atomic E-state index is -3.93. The summed E-state index contributed by atoms with van der Waals surface area (Å²) < 4.78 is 28.1. The van der Waals surface area contributed by atoms with Crippen LogP contribution in [0.25, 0.3) is 11.0 Å². The number of fused-ring (bicyclic) bond motifs is 2. The number of amides is 1. The van der Waals surface area contributed by atoms with E-state index in [9.17, 15) is 13.2 Å². The van der Waals surface area contributed by atoms with Crippen molar-refractivity contribution in [2.45, 2.75) is 11.3 Å². The lowest BCUT2D eigenvalue weighted by Gasteiger charge is -2.20. The van der Waals surface area contributed by atoms with Crippen molar-refractivity contribution in [1.82, 2.24) is 9.97 Å². The lowest BCUT2D eigenvalue weighted by Crippen LogP contribution is -2.29. The number of hydrogen-bond acceptors (Lipinski definition) is 4. The predicted octanol–water partition coefficient (Wildman–Crippen LogP) is 4.22. The molecule has 0 aliphatic carbocycles. The molecule has 2 heterocycles. The van der Waals surface area contributed by atoms with E-state index in [-0.39, 0.29) is 21.4 Å². The number of hydrogen-bond donors (Lipinski definition) is 2. The average molecular weight is 453 g/mol. The SMILES string of the molecule is O=C(Nc1nc2ccccc2[nH]1)c1ccc(Cl)c(S(=O)(=O)N2CCc3ccccc32)c1. The molecule has 1 amide bonds. The maximum Gasteiger partial charge on any atom is 0.265 e. The van der Waals surface area contributed by atoms with E-state index in [0.717, 1.165) is 11.1 Å². The van der Waals surface area contributed by atoms with Crippen molar-refractivity contribution >= 4 is 50.2 Å². The number of nitrogens with one attached hydrogen (secondary N) is 2. The van der Waals surface area contributed by atoms with Crippen molar-refractivity contribution in [2.24, 2.45) is 0 Å².